The zero-order chi connectivity index (χ0) is 12.3. The molecule has 1 aliphatic rings. The molecule has 1 aliphatic heterocycles. The van der Waals surface area contributed by atoms with Crippen LogP contribution in [-0.2, 0) is 0 Å². The van der Waals surface area contributed by atoms with Crippen molar-refractivity contribution in [3.05, 3.63) is 35.9 Å². The van der Waals surface area contributed by atoms with Crippen molar-refractivity contribution in [1.82, 2.24) is 4.90 Å². The van der Waals surface area contributed by atoms with Gasteiger partial charge in [-0.15, -0.1) is 0 Å². The van der Waals surface area contributed by atoms with Gasteiger partial charge in [-0.25, -0.2) is 0 Å². The van der Waals surface area contributed by atoms with Gasteiger partial charge in [-0.05, 0) is 31.9 Å². The largest absolute Gasteiger partial charge is 0.392 e. The Balaban J connectivity index is 1.93. The first-order valence-corrected chi connectivity index (χ1v) is 6.28. The quantitative estimate of drug-likeness (QED) is 0.835. The molecule has 3 nitrogen and oxygen atoms in total. The molecule has 0 radical (unpaired) electrons. The summed E-state index contributed by atoms with van der Waals surface area (Å²) in [6.07, 6.45) is 1.94. The number of hydrogen-bond acceptors (Lipinski definition) is 3. The first-order chi connectivity index (χ1) is 8.16. The van der Waals surface area contributed by atoms with Crippen LogP contribution < -0.4 is 0 Å². The minimum Gasteiger partial charge on any atom is -0.392 e. The molecule has 0 aromatic heterocycles. The number of piperidine rings is 1. The molecule has 1 aromatic carbocycles. The highest BCUT2D eigenvalue weighted by Crippen LogP contribution is 2.25. The van der Waals surface area contributed by atoms with Crippen molar-refractivity contribution in [2.24, 2.45) is 0 Å². The van der Waals surface area contributed by atoms with Crippen LogP contribution in [0.2, 0.25) is 0 Å². The van der Waals surface area contributed by atoms with Crippen LogP contribution in [0.1, 0.15) is 30.9 Å². The molecule has 17 heavy (non-hydrogen) atoms. The summed E-state index contributed by atoms with van der Waals surface area (Å²) < 4.78 is 0. The number of nitrogens with zero attached hydrogens (tertiary/aromatic N) is 1. The molecule has 1 saturated heterocycles. The Hall–Kier alpha value is -0.900. The molecule has 0 saturated carbocycles. The van der Waals surface area contributed by atoms with Crippen molar-refractivity contribution >= 4 is 0 Å². The second-order valence-electron chi connectivity index (χ2n) is 4.99. The molecule has 0 unspecified atom stereocenters. The minimum absolute atomic E-state index is 0.204. The standard InChI is InChI=1S/C14H21NO2/c1-15-10-13(16)8-7-12(15)9-14(17)11-5-3-2-4-6-11/h2-6,12-14,16-17H,7-10H2,1H3/t12-,13-,14-/m0/s1. The fourth-order valence-corrected chi connectivity index (χ4v) is 2.54. The molecule has 0 amide bonds. The number of β-amino-alcohol motifs (C(OH)–C–C–N with tert-alkyl or cyclic N) is 1. The van der Waals surface area contributed by atoms with Gasteiger partial charge in [-0.2, -0.15) is 0 Å². The van der Waals surface area contributed by atoms with Crippen molar-refractivity contribution in [3.63, 3.8) is 0 Å². The van der Waals surface area contributed by atoms with E-state index in [0.717, 1.165) is 24.8 Å². The first kappa shape index (κ1) is 12.6. The molecule has 0 bridgehead atoms. The zero-order valence-electron chi connectivity index (χ0n) is 10.3. The SMILES string of the molecule is CN1C[C@@H](O)CC[C@H]1C[C@H](O)c1ccccc1. The van der Waals surface area contributed by atoms with E-state index in [1.54, 1.807) is 0 Å². The number of benzene rings is 1. The lowest BCUT2D eigenvalue weighted by molar-refractivity contribution is 0.0280. The molecule has 2 N–H and O–H groups in total. The van der Waals surface area contributed by atoms with Crippen molar-refractivity contribution < 1.29 is 10.2 Å². The Morgan fingerprint density at radius 2 is 2.00 bits per heavy atom. The van der Waals surface area contributed by atoms with Gasteiger partial charge in [0.25, 0.3) is 0 Å². The van der Waals surface area contributed by atoms with Crippen molar-refractivity contribution in [3.8, 4) is 0 Å². The molecule has 3 atom stereocenters. The van der Waals surface area contributed by atoms with E-state index < -0.39 is 6.10 Å². The summed E-state index contributed by atoms with van der Waals surface area (Å²) in [4.78, 5) is 2.15. The molecular weight excluding hydrogens is 214 g/mol. The van der Waals surface area contributed by atoms with Gasteiger partial charge in [0.15, 0.2) is 0 Å². The van der Waals surface area contributed by atoms with Gasteiger partial charge >= 0.3 is 0 Å². The highest BCUT2D eigenvalue weighted by atomic mass is 16.3. The van der Waals surface area contributed by atoms with E-state index in [4.69, 9.17) is 0 Å². The lowest BCUT2D eigenvalue weighted by Gasteiger charge is -2.36. The monoisotopic (exact) mass is 235 g/mol. The summed E-state index contributed by atoms with van der Waals surface area (Å²) in [5.74, 6) is 0. The van der Waals surface area contributed by atoms with Crippen LogP contribution in [-0.4, -0.2) is 40.9 Å². The van der Waals surface area contributed by atoms with Gasteiger partial charge in [0.2, 0.25) is 0 Å². The Labute approximate surface area is 103 Å². The van der Waals surface area contributed by atoms with Crippen LogP contribution in [0.25, 0.3) is 0 Å². The van der Waals surface area contributed by atoms with Gasteiger partial charge < -0.3 is 15.1 Å². The molecule has 1 fully saturated rings. The summed E-state index contributed by atoms with van der Waals surface area (Å²) in [6.45, 7) is 0.714. The molecule has 0 spiro atoms. The Morgan fingerprint density at radius 1 is 1.29 bits per heavy atom. The van der Waals surface area contributed by atoms with Crippen LogP contribution in [0.15, 0.2) is 30.3 Å². The zero-order valence-corrected chi connectivity index (χ0v) is 10.3. The van der Waals surface area contributed by atoms with Gasteiger partial charge in [0, 0.05) is 12.6 Å². The summed E-state index contributed by atoms with van der Waals surface area (Å²) in [5, 5.41) is 19.7. The third-order valence-corrected chi connectivity index (χ3v) is 3.63. The number of hydrogen-bond donors (Lipinski definition) is 2. The van der Waals surface area contributed by atoms with Crippen LogP contribution >= 0.6 is 0 Å². The normalized spacial score (nSPS) is 27.9. The Morgan fingerprint density at radius 3 is 2.65 bits per heavy atom. The number of aliphatic hydroxyl groups excluding tert-OH is 2. The predicted octanol–water partition coefficient (Wildman–Crippen LogP) is 1.57. The van der Waals surface area contributed by atoms with Gasteiger partial charge in [0.05, 0.1) is 12.2 Å². The maximum Gasteiger partial charge on any atom is 0.0805 e. The van der Waals surface area contributed by atoms with E-state index in [1.165, 1.54) is 0 Å². The summed E-state index contributed by atoms with van der Waals surface area (Å²) >= 11 is 0. The molecule has 94 valence electrons. The van der Waals surface area contributed by atoms with E-state index in [-0.39, 0.29) is 6.10 Å². The number of aliphatic hydroxyl groups is 2. The summed E-state index contributed by atoms with van der Waals surface area (Å²) in [5.41, 5.74) is 0.979. The molecular formula is C14H21NO2. The van der Waals surface area contributed by atoms with Gasteiger partial charge in [-0.1, -0.05) is 30.3 Å². The minimum atomic E-state index is -0.404. The lowest BCUT2D eigenvalue weighted by Crippen LogP contribution is -2.43. The first-order valence-electron chi connectivity index (χ1n) is 6.28. The average molecular weight is 235 g/mol. The second kappa shape index (κ2) is 5.63. The van der Waals surface area contributed by atoms with Gasteiger partial charge in [0.1, 0.15) is 0 Å². The third-order valence-electron chi connectivity index (χ3n) is 3.63. The van der Waals surface area contributed by atoms with Crippen molar-refractivity contribution in [2.75, 3.05) is 13.6 Å². The van der Waals surface area contributed by atoms with E-state index in [9.17, 15) is 10.2 Å². The summed E-state index contributed by atoms with van der Waals surface area (Å²) in [7, 11) is 2.02. The maximum absolute atomic E-state index is 10.2. The number of rotatable bonds is 3. The molecule has 0 aliphatic carbocycles. The molecule has 1 heterocycles. The van der Waals surface area contributed by atoms with Crippen LogP contribution in [0.4, 0.5) is 0 Å². The van der Waals surface area contributed by atoms with Crippen LogP contribution in [0.5, 0.6) is 0 Å². The molecule has 2 rings (SSSR count). The molecule has 1 aromatic rings. The van der Waals surface area contributed by atoms with E-state index in [1.807, 2.05) is 37.4 Å². The average Bonchev–Trinajstić information content (AvgIpc) is 2.34. The highest BCUT2D eigenvalue weighted by Gasteiger charge is 2.26. The van der Waals surface area contributed by atoms with E-state index in [2.05, 4.69) is 4.90 Å². The Bertz CT molecular complexity index is 341. The van der Waals surface area contributed by atoms with E-state index in [0.29, 0.717) is 12.6 Å². The summed E-state index contributed by atoms with van der Waals surface area (Å²) in [6, 6.07) is 10.2. The smallest absolute Gasteiger partial charge is 0.0805 e. The fourth-order valence-electron chi connectivity index (χ4n) is 2.54. The van der Waals surface area contributed by atoms with Crippen molar-refractivity contribution in [1.29, 1.82) is 0 Å². The fraction of sp³-hybridized carbons (Fsp3) is 0.571. The Kier molecular flexibility index (Phi) is 4.15. The van der Waals surface area contributed by atoms with E-state index >= 15 is 0 Å². The number of likely N-dealkylation sites (tertiary alicyclic amines) is 1. The second-order valence-corrected chi connectivity index (χ2v) is 4.99. The lowest BCUT2D eigenvalue weighted by atomic mass is 9.93. The van der Waals surface area contributed by atoms with Crippen LogP contribution in [0, 0.1) is 0 Å². The topological polar surface area (TPSA) is 43.7 Å². The van der Waals surface area contributed by atoms with Crippen LogP contribution in [0.3, 0.4) is 0 Å². The molecule has 3 heteroatoms. The van der Waals surface area contributed by atoms with Gasteiger partial charge in [-0.3, -0.25) is 0 Å². The highest BCUT2D eigenvalue weighted by molar-refractivity contribution is 5.17. The maximum atomic E-state index is 10.2. The third kappa shape index (κ3) is 3.28. The predicted molar refractivity (Wildman–Crippen MR) is 67.7 cm³/mol. The van der Waals surface area contributed by atoms with Crippen molar-refractivity contribution in [2.45, 2.75) is 37.5 Å². The number of likely N-dealkylation sites (N-methyl/N-ethyl adjacent to an activating group) is 1.